The molecule has 90 valence electrons. The maximum absolute atomic E-state index is 11.8. The molecule has 16 heavy (non-hydrogen) atoms. The Morgan fingerprint density at radius 1 is 1.31 bits per heavy atom. The van der Waals surface area contributed by atoms with Crippen LogP contribution >= 0.6 is 0 Å². The second kappa shape index (κ2) is 5.21. The van der Waals surface area contributed by atoms with Gasteiger partial charge in [0.25, 0.3) is 0 Å². The average Bonchev–Trinajstić information content (AvgIpc) is 2.17. The van der Waals surface area contributed by atoms with Gasteiger partial charge in [0.1, 0.15) is 0 Å². The summed E-state index contributed by atoms with van der Waals surface area (Å²) in [7, 11) is 0. The standard InChI is InChI=1S/C11H15F3N2/c1-8-2-3-9(6-10(8)15)7-16-5-4-11(12,13)14/h2-3,6,16H,4-5,7,15H2,1H3. The van der Waals surface area contributed by atoms with Gasteiger partial charge in [0, 0.05) is 18.8 Å². The van der Waals surface area contributed by atoms with Gasteiger partial charge in [-0.05, 0) is 24.1 Å². The van der Waals surface area contributed by atoms with Crippen molar-refractivity contribution in [1.29, 1.82) is 0 Å². The van der Waals surface area contributed by atoms with E-state index in [4.69, 9.17) is 5.73 Å². The molecule has 0 aliphatic rings. The molecule has 5 heteroatoms. The molecule has 3 N–H and O–H groups in total. The molecule has 0 bridgehead atoms. The Hall–Kier alpha value is -1.23. The summed E-state index contributed by atoms with van der Waals surface area (Å²) in [5, 5.41) is 2.73. The maximum atomic E-state index is 11.8. The van der Waals surface area contributed by atoms with E-state index >= 15 is 0 Å². The summed E-state index contributed by atoms with van der Waals surface area (Å²) < 4.78 is 35.5. The maximum Gasteiger partial charge on any atom is 0.390 e. The fraction of sp³-hybridized carbons (Fsp3) is 0.455. The van der Waals surface area contributed by atoms with Gasteiger partial charge in [-0.1, -0.05) is 12.1 Å². The molecule has 0 saturated heterocycles. The predicted octanol–water partition coefficient (Wildman–Crippen LogP) is 2.62. The molecule has 0 atom stereocenters. The van der Waals surface area contributed by atoms with Crippen LogP contribution in [-0.4, -0.2) is 12.7 Å². The molecule has 2 nitrogen and oxygen atoms in total. The van der Waals surface area contributed by atoms with Crippen LogP contribution in [0.2, 0.25) is 0 Å². The molecule has 1 rings (SSSR count). The number of anilines is 1. The van der Waals surface area contributed by atoms with Gasteiger partial charge in [-0.2, -0.15) is 13.2 Å². The zero-order valence-electron chi connectivity index (χ0n) is 9.06. The van der Waals surface area contributed by atoms with Crippen LogP contribution in [0.4, 0.5) is 18.9 Å². The van der Waals surface area contributed by atoms with Crippen LogP contribution in [0.25, 0.3) is 0 Å². The molecule has 0 spiro atoms. The molecule has 0 heterocycles. The van der Waals surface area contributed by atoms with E-state index in [9.17, 15) is 13.2 Å². The molecule has 1 aromatic rings. The first-order chi connectivity index (χ1) is 7.38. The number of rotatable bonds is 4. The second-order valence-electron chi connectivity index (χ2n) is 3.73. The Bertz CT molecular complexity index is 348. The first-order valence-electron chi connectivity index (χ1n) is 5.01. The largest absolute Gasteiger partial charge is 0.399 e. The van der Waals surface area contributed by atoms with Gasteiger partial charge in [0.2, 0.25) is 0 Å². The fourth-order valence-electron chi connectivity index (χ4n) is 1.26. The van der Waals surface area contributed by atoms with Crippen LogP contribution in [0.15, 0.2) is 18.2 Å². The number of nitrogen functional groups attached to an aromatic ring is 1. The van der Waals surface area contributed by atoms with Crippen LogP contribution in [0.3, 0.4) is 0 Å². The number of alkyl halides is 3. The highest BCUT2D eigenvalue weighted by atomic mass is 19.4. The highest BCUT2D eigenvalue weighted by molar-refractivity contribution is 5.48. The summed E-state index contributed by atoms with van der Waals surface area (Å²) in [6, 6.07) is 5.48. The van der Waals surface area contributed by atoms with E-state index < -0.39 is 12.6 Å². The van der Waals surface area contributed by atoms with E-state index in [0.717, 1.165) is 11.1 Å². The van der Waals surface area contributed by atoms with Gasteiger partial charge in [-0.15, -0.1) is 0 Å². The van der Waals surface area contributed by atoms with Crippen molar-refractivity contribution < 1.29 is 13.2 Å². The predicted molar refractivity (Wildman–Crippen MR) is 58.0 cm³/mol. The van der Waals surface area contributed by atoms with E-state index in [2.05, 4.69) is 5.32 Å². The Kier molecular flexibility index (Phi) is 4.18. The molecule has 0 aromatic heterocycles. The van der Waals surface area contributed by atoms with Gasteiger partial charge < -0.3 is 11.1 Å². The van der Waals surface area contributed by atoms with Crippen molar-refractivity contribution in [2.45, 2.75) is 26.1 Å². The molecule has 0 fully saturated rings. The number of halogens is 3. The lowest BCUT2D eigenvalue weighted by Crippen LogP contribution is -2.21. The van der Waals surface area contributed by atoms with E-state index in [1.807, 2.05) is 19.1 Å². The molecule has 0 aliphatic carbocycles. The van der Waals surface area contributed by atoms with Crippen LogP contribution in [0.5, 0.6) is 0 Å². The lowest BCUT2D eigenvalue weighted by molar-refractivity contribution is -0.133. The number of hydrogen-bond acceptors (Lipinski definition) is 2. The molecular weight excluding hydrogens is 217 g/mol. The summed E-state index contributed by atoms with van der Waals surface area (Å²) in [5.74, 6) is 0. The Labute approximate surface area is 92.6 Å². The van der Waals surface area contributed by atoms with Gasteiger partial charge in [0.05, 0.1) is 6.42 Å². The van der Waals surface area contributed by atoms with Crippen molar-refractivity contribution in [3.63, 3.8) is 0 Å². The van der Waals surface area contributed by atoms with E-state index in [0.29, 0.717) is 12.2 Å². The SMILES string of the molecule is Cc1ccc(CNCCC(F)(F)F)cc1N. The Morgan fingerprint density at radius 2 is 2.00 bits per heavy atom. The molecule has 0 unspecified atom stereocenters. The molecular formula is C11H15F3N2. The van der Waals surface area contributed by atoms with Crippen molar-refractivity contribution in [3.05, 3.63) is 29.3 Å². The lowest BCUT2D eigenvalue weighted by atomic mass is 10.1. The third kappa shape index (κ3) is 4.53. The van der Waals surface area contributed by atoms with Gasteiger partial charge in [-0.25, -0.2) is 0 Å². The van der Waals surface area contributed by atoms with Crippen molar-refractivity contribution in [2.75, 3.05) is 12.3 Å². The second-order valence-corrected chi connectivity index (χ2v) is 3.73. The van der Waals surface area contributed by atoms with Crippen LogP contribution < -0.4 is 11.1 Å². The smallest absolute Gasteiger partial charge is 0.390 e. The highest BCUT2D eigenvalue weighted by Gasteiger charge is 2.25. The Morgan fingerprint density at radius 3 is 2.56 bits per heavy atom. The lowest BCUT2D eigenvalue weighted by Gasteiger charge is -2.08. The van der Waals surface area contributed by atoms with Crippen molar-refractivity contribution in [1.82, 2.24) is 5.32 Å². The average molecular weight is 232 g/mol. The molecule has 0 radical (unpaired) electrons. The Balaban J connectivity index is 2.35. The van der Waals surface area contributed by atoms with Crippen LogP contribution in [0, 0.1) is 6.92 Å². The van der Waals surface area contributed by atoms with Gasteiger partial charge in [0.15, 0.2) is 0 Å². The summed E-state index contributed by atoms with van der Waals surface area (Å²) in [6.45, 7) is 2.22. The number of hydrogen-bond donors (Lipinski definition) is 2. The molecule has 0 saturated carbocycles. The first kappa shape index (κ1) is 12.8. The molecule has 0 aliphatic heterocycles. The van der Waals surface area contributed by atoms with Gasteiger partial charge >= 0.3 is 6.18 Å². The zero-order valence-corrected chi connectivity index (χ0v) is 9.06. The summed E-state index contributed by atoms with van der Waals surface area (Å²) in [6.07, 6.45) is -4.91. The van der Waals surface area contributed by atoms with Crippen LogP contribution in [-0.2, 0) is 6.54 Å². The highest BCUT2D eigenvalue weighted by Crippen LogP contribution is 2.18. The van der Waals surface area contributed by atoms with Crippen molar-refractivity contribution in [2.24, 2.45) is 0 Å². The van der Waals surface area contributed by atoms with Crippen molar-refractivity contribution >= 4 is 5.69 Å². The molecule has 0 amide bonds. The van der Waals surface area contributed by atoms with E-state index in [-0.39, 0.29) is 6.54 Å². The number of nitrogens with two attached hydrogens (primary N) is 1. The first-order valence-corrected chi connectivity index (χ1v) is 5.01. The third-order valence-corrected chi connectivity index (χ3v) is 2.26. The molecule has 1 aromatic carbocycles. The van der Waals surface area contributed by atoms with E-state index in [1.165, 1.54) is 0 Å². The topological polar surface area (TPSA) is 38.0 Å². The van der Waals surface area contributed by atoms with Crippen LogP contribution in [0.1, 0.15) is 17.5 Å². The minimum atomic E-state index is -4.10. The summed E-state index contributed by atoms with van der Waals surface area (Å²) in [4.78, 5) is 0. The minimum absolute atomic E-state index is 0.0721. The van der Waals surface area contributed by atoms with E-state index in [1.54, 1.807) is 6.07 Å². The van der Waals surface area contributed by atoms with Crippen molar-refractivity contribution in [3.8, 4) is 0 Å². The number of aryl methyl sites for hydroxylation is 1. The normalized spacial score (nSPS) is 11.8. The minimum Gasteiger partial charge on any atom is -0.399 e. The fourth-order valence-corrected chi connectivity index (χ4v) is 1.26. The van der Waals surface area contributed by atoms with Gasteiger partial charge in [-0.3, -0.25) is 0 Å². The summed E-state index contributed by atoms with van der Waals surface area (Å²) in [5.41, 5.74) is 8.21. The summed E-state index contributed by atoms with van der Waals surface area (Å²) >= 11 is 0. The quantitative estimate of drug-likeness (QED) is 0.618. The monoisotopic (exact) mass is 232 g/mol. The number of benzene rings is 1. The zero-order chi connectivity index (χ0) is 12.2. The third-order valence-electron chi connectivity index (χ3n) is 2.26. The number of nitrogens with one attached hydrogen (secondary N) is 1.